The zero-order valence-electron chi connectivity index (χ0n) is 16.1. The molecule has 2 amide bonds. The molecule has 0 bridgehead atoms. The maximum absolute atomic E-state index is 12.5. The van der Waals surface area contributed by atoms with Crippen molar-refractivity contribution in [3.63, 3.8) is 0 Å². The van der Waals surface area contributed by atoms with Crippen LogP contribution in [0.5, 0.6) is 5.75 Å². The number of nitrogens with one attached hydrogen (secondary N) is 2. The molecule has 27 heavy (non-hydrogen) atoms. The number of carboxylic acids is 1. The summed E-state index contributed by atoms with van der Waals surface area (Å²) in [6.45, 7) is 6.97. The van der Waals surface area contributed by atoms with E-state index in [0.29, 0.717) is 18.4 Å². The summed E-state index contributed by atoms with van der Waals surface area (Å²) in [6, 6.07) is 3.99. The fourth-order valence-electron chi connectivity index (χ4n) is 2.35. The van der Waals surface area contributed by atoms with Gasteiger partial charge in [-0.3, -0.25) is 4.79 Å². The summed E-state index contributed by atoms with van der Waals surface area (Å²) >= 11 is 0. The average Bonchev–Trinajstić information content (AvgIpc) is 2.53. The number of carbonyl (C=O) groups excluding carboxylic acids is 2. The number of carbonyl (C=O) groups is 3. The van der Waals surface area contributed by atoms with Crippen LogP contribution in [0.1, 0.15) is 46.1 Å². The Bertz CT molecular complexity index is 651. The van der Waals surface area contributed by atoms with Crippen molar-refractivity contribution in [2.24, 2.45) is 0 Å². The molecule has 0 saturated heterocycles. The third-order valence-electron chi connectivity index (χ3n) is 3.58. The van der Waals surface area contributed by atoms with Gasteiger partial charge in [0.05, 0.1) is 0 Å². The molecule has 1 aromatic carbocycles. The Morgan fingerprint density at radius 2 is 1.67 bits per heavy atom. The second-order valence-electron chi connectivity index (χ2n) is 7.26. The summed E-state index contributed by atoms with van der Waals surface area (Å²) in [5.41, 5.74) is -0.0626. The van der Waals surface area contributed by atoms with Crippen molar-refractivity contribution >= 4 is 18.0 Å². The minimum absolute atomic E-state index is 0.0482. The van der Waals surface area contributed by atoms with Crippen LogP contribution in [0.25, 0.3) is 0 Å². The van der Waals surface area contributed by atoms with Gasteiger partial charge in [0, 0.05) is 6.42 Å². The Labute approximate surface area is 158 Å². The van der Waals surface area contributed by atoms with E-state index in [0.717, 1.165) is 0 Å². The van der Waals surface area contributed by atoms with E-state index in [1.54, 1.807) is 32.9 Å². The van der Waals surface area contributed by atoms with Crippen molar-refractivity contribution in [1.29, 1.82) is 0 Å². The van der Waals surface area contributed by atoms with Gasteiger partial charge in [-0.25, -0.2) is 9.59 Å². The first-order chi connectivity index (χ1) is 12.5. The van der Waals surface area contributed by atoms with E-state index in [1.165, 1.54) is 12.1 Å². The number of aromatic hydroxyl groups is 1. The number of aliphatic carboxylic acids is 1. The molecule has 2 atom stereocenters. The van der Waals surface area contributed by atoms with Crippen molar-refractivity contribution in [3.05, 3.63) is 29.8 Å². The normalized spacial score (nSPS) is 13.3. The number of hydrogen-bond donors (Lipinski definition) is 4. The Hall–Kier alpha value is -2.77. The lowest BCUT2D eigenvalue weighted by Gasteiger charge is -2.24. The van der Waals surface area contributed by atoms with Crippen molar-refractivity contribution in [2.75, 3.05) is 0 Å². The summed E-state index contributed by atoms with van der Waals surface area (Å²) in [7, 11) is 0. The molecule has 0 fully saturated rings. The highest BCUT2D eigenvalue weighted by molar-refractivity contribution is 5.89. The summed E-state index contributed by atoms with van der Waals surface area (Å²) in [6.07, 6.45) is 0.272. The van der Waals surface area contributed by atoms with Crippen LogP contribution in [-0.2, 0) is 20.7 Å². The predicted molar refractivity (Wildman–Crippen MR) is 99.4 cm³/mol. The zero-order valence-corrected chi connectivity index (χ0v) is 16.1. The monoisotopic (exact) mass is 380 g/mol. The van der Waals surface area contributed by atoms with E-state index in [4.69, 9.17) is 4.74 Å². The number of amides is 2. The maximum atomic E-state index is 12.5. The molecule has 0 aliphatic heterocycles. The second-order valence-corrected chi connectivity index (χ2v) is 7.26. The molecule has 0 unspecified atom stereocenters. The fraction of sp³-hybridized carbons (Fsp3) is 0.526. The van der Waals surface area contributed by atoms with Gasteiger partial charge in [-0.15, -0.1) is 0 Å². The van der Waals surface area contributed by atoms with E-state index >= 15 is 0 Å². The lowest BCUT2D eigenvalue weighted by Crippen LogP contribution is -2.52. The van der Waals surface area contributed by atoms with Gasteiger partial charge in [-0.2, -0.15) is 0 Å². The topological polar surface area (TPSA) is 125 Å². The molecule has 8 heteroatoms. The number of hydrogen-bond acceptors (Lipinski definition) is 5. The highest BCUT2D eigenvalue weighted by Gasteiger charge is 2.27. The lowest BCUT2D eigenvalue weighted by molar-refractivity contribution is -0.142. The number of rotatable bonds is 8. The highest BCUT2D eigenvalue weighted by Crippen LogP contribution is 2.12. The van der Waals surface area contributed by atoms with Crippen LogP contribution < -0.4 is 10.6 Å². The molecule has 1 rings (SSSR count). The molecule has 0 aliphatic rings. The van der Waals surface area contributed by atoms with Gasteiger partial charge in [0.25, 0.3) is 0 Å². The van der Waals surface area contributed by atoms with E-state index in [-0.39, 0.29) is 12.2 Å². The van der Waals surface area contributed by atoms with E-state index in [1.807, 2.05) is 6.92 Å². The molecule has 0 aliphatic carbocycles. The first kappa shape index (κ1) is 22.3. The van der Waals surface area contributed by atoms with Crippen molar-refractivity contribution < 1.29 is 29.3 Å². The zero-order chi connectivity index (χ0) is 20.6. The van der Waals surface area contributed by atoms with Gasteiger partial charge in [-0.05, 0) is 44.9 Å². The Morgan fingerprint density at radius 3 is 2.15 bits per heavy atom. The highest BCUT2D eigenvalue weighted by atomic mass is 16.6. The number of phenols is 1. The molecule has 0 radical (unpaired) electrons. The van der Waals surface area contributed by atoms with Gasteiger partial charge < -0.3 is 25.6 Å². The van der Waals surface area contributed by atoms with Crippen LogP contribution in [0.4, 0.5) is 4.79 Å². The van der Waals surface area contributed by atoms with Gasteiger partial charge >= 0.3 is 12.1 Å². The Kier molecular flexibility index (Phi) is 8.08. The molecule has 0 spiro atoms. The van der Waals surface area contributed by atoms with Crippen LogP contribution in [0.2, 0.25) is 0 Å². The minimum atomic E-state index is -1.19. The minimum Gasteiger partial charge on any atom is -0.508 e. The average molecular weight is 380 g/mol. The number of carboxylic acid groups (broad SMARTS) is 1. The Morgan fingerprint density at radius 1 is 1.07 bits per heavy atom. The van der Waals surface area contributed by atoms with Gasteiger partial charge in [0.15, 0.2) is 0 Å². The van der Waals surface area contributed by atoms with E-state index in [9.17, 15) is 24.6 Å². The molecular weight excluding hydrogens is 352 g/mol. The number of alkyl carbamates (subject to hydrolysis) is 1. The summed E-state index contributed by atoms with van der Waals surface area (Å²) in [5, 5.41) is 23.7. The standard InChI is InChI=1S/C19H28N2O6/c1-5-6-14(21-18(26)27-19(2,3)4)16(23)20-15(17(24)25)11-12-7-9-13(22)10-8-12/h7-10,14-15,22H,5-6,11H2,1-4H3,(H,20,23)(H,21,26)(H,24,25)/t14-,15-/m0/s1. The molecule has 0 aromatic heterocycles. The first-order valence-corrected chi connectivity index (χ1v) is 8.82. The summed E-state index contributed by atoms with van der Waals surface area (Å²) in [5.74, 6) is -1.71. The summed E-state index contributed by atoms with van der Waals surface area (Å²) in [4.78, 5) is 36.0. The molecule has 150 valence electrons. The third-order valence-corrected chi connectivity index (χ3v) is 3.58. The molecule has 1 aromatic rings. The Balaban J connectivity index is 2.78. The predicted octanol–water partition coefficient (Wildman–Crippen LogP) is 2.20. The quantitative estimate of drug-likeness (QED) is 0.548. The van der Waals surface area contributed by atoms with E-state index < -0.39 is 35.7 Å². The van der Waals surface area contributed by atoms with E-state index in [2.05, 4.69) is 10.6 Å². The smallest absolute Gasteiger partial charge is 0.408 e. The third kappa shape index (κ3) is 8.44. The lowest BCUT2D eigenvalue weighted by atomic mass is 10.0. The first-order valence-electron chi connectivity index (χ1n) is 8.82. The SMILES string of the molecule is CCC[C@H](NC(=O)OC(C)(C)C)C(=O)N[C@@H](Cc1ccc(O)cc1)C(=O)O. The summed E-state index contributed by atoms with van der Waals surface area (Å²) < 4.78 is 5.15. The number of benzene rings is 1. The fourth-order valence-corrected chi connectivity index (χ4v) is 2.35. The van der Waals surface area contributed by atoms with Gasteiger partial charge in [0.1, 0.15) is 23.4 Å². The second kappa shape index (κ2) is 9.80. The van der Waals surface area contributed by atoms with Crippen LogP contribution in [-0.4, -0.2) is 45.9 Å². The van der Waals surface area contributed by atoms with Gasteiger partial charge in [-0.1, -0.05) is 25.5 Å². The largest absolute Gasteiger partial charge is 0.508 e. The molecule has 4 N–H and O–H groups in total. The van der Waals surface area contributed by atoms with Crippen molar-refractivity contribution in [2.45, 2.75) is 64.6 Å². The molecule has 0 heterocycles. The van der Waals surface area contributed by atoms with Crippen molar-refractivity contribution in [1.82, 2.24) is 10.6 Å². The van der Waals surface area contributed by atoms with Crippen LogP contribution >= 0.6 is 0 Å². The molecule has 0 saturated carbocycles. The van der Waals surface area contributed by atoms with Gasteiger partial charge in [0.2, 0.25) is 5.91 Å². The van der Waals surface area contributed by atoms with Crippen LogP contribution in [0.15, 0.2) is 24.3 Å². The van der Waals surface area contributed by atoms with Crippen molar-refractivity contribution in [3.8, 4) is 5.75 Å². The molecular formula is C19H28N2O6. The molecule has 8 nitrogen and oxygen atoms in total. The number of phenolic OH excluding ortho intramolecular Hbond substituents is 1. The van der Waals surface area contributed by atoms with Crippen LogP contribution in [0.3, 0.4) is 0 Å². The maximum Gasteiger partial charge on any atom is 0.408 e. The number of ether oxygens (including phenoxy) is 1. The van der Waals surface area contributed by atoms with Crippen LogP contribution in [0, 0.1) is 0 Å².